The minimum atomic E-state index is 0.138. The molecular formula is C17H35NO. The van der Waals surface area contributed by atoms with Gasteiger partial charge >= 0.3 is 0 Å². The molecule has 19 heavy (non-hydrogen) atoms. The molecule has 0 radical (unpaired) electrons. The monoisotopic (exact) mass is 269 g/mol. The lowest BCUT2D eigenvalue weighted by molar-refractivity contribution is -0.0803. The van der Waals surface area contributed by atoms with Gasteiger partial charge in [-0.05, 0) is 38.1 Å². The van der Waals surface area contributed by atoms with Crippen LogP contribution in [0.4, 0.5) is 0 Å². The van der Waals surface area contributed by atoms with Crippen LogP contribution >= 0.6 is 0 Å². The number of unbranched alkanes of at least 4 members (excludes halogenated alkanes) is 3. The van der Waals surface area contributed by atoms with Gasteiger partial charge in [0, 0.05) is 13.2 Å². The molecule has 0 aromatic carbocycles. The average Bonchev–Trinajstić information content (AvgIpc) is 2.39. The van der Waals surface area contributed by atoms with Crippen molar-refractivity contribution in [1.82, 2.24) is 5.32 Å². The van der Waals surface area contributed by atoms with Gasteiger partial charge in [0.05, 0.1) is 5.60 Å². The molecular weight excluding hydrogens is 234 g/mol. The first-order valence-corrected chi connectivity index (χ1v) is 8.57. The second-order valence-electron chi connectivity index (χ2n) is 6.47. The summed E-state index contributed by atoms with van der Waals surface area (Å²) in [6.45, 7) is 10.0. The number of nitrogens with one attached hydrogen (secondary N) is 1. The van der Waals surface area contributed by atoms with Gasteiger partial charge in [-0.3, -0.25) is 0 Å². The summed E-state index contributed by atoms with van der Waals surface area (Å²) in [5, 5.41) is 3.59. The Balaban J connectivity index is 2.35. The molecule has 114 valence electrons. The van der Waals surface area contributed by atoms with E-state index in [0.717, 1.165) is 25.6 Å². The van der Waals surface area contributed by atoms with Crippen LogP contribution in [-0.4, -0.2) is 25.3 Å². The summed E-state index contributed by atoms with van der Waals surface area (Å²) in [6, 6.07) is 0. The van der Waals surface area contributed by atoms with Gasteiger partial charge in [0.1, 0.15) is 0 Å². The maximum atomic E-state index is 6.37. The number of rotatable bonds is 10. The third-order valence-corrected chi connectivity index (χ3v) is 4.33. The van der Waals surface area contributed by atoms with E-state index in [0.29, 0.717) is 0 Å². The molecule has 1 rings (SSSR count). The molecule has 1 aliphatic rings. The molecule has 2 heteroatoms. The molecule has 0 spiro atoms. The van der Waals surface area contributed by atoms with Crippen molar-refractivity contribution >= 4 is 0 Å². The zero-order valence-corrected chi connectivity index (χ0v) is 13.5. The lowest BCUT2D eigenvalue weighted by Gasteiger charge is -2.40. The van der Waals surface area contributed by atoms with Crippen LogP contribution in [0.2, 0.25) is 0 Å². The molecule has 0 aromatic rings. The van der Waals surface area contributed by atoms with E-state index in [2.05, 4.69) is 26.1 Å². The van der Waals surface area contributed by atoms with E-state index in [1.807, 2.05) is 0 Å². The van der Waals surface area contributed by atoms with Gasteiger partial charge in [0.15, 0.2) is 0 Å². The zero-order valence-electron chi connectivity index (χ0n) is 13.5. The highest BCUT2D eigenvalue weighted by molar-refractivity contribution is 4.89. The molecule has 0 saturated heterocycles. The van der Waals surface area contributed by atoms with Crippen molar-refractivity contribution in [3.8, 4) is 0 Å². The third-order valence-electron chi connectivity index (χ3n) is 4.33. The lowest BCUT2D eigenvalue weighted by Crippen LogP contribution is -2.46. The Morgan fingerprint density at radius 1 is 1.16 bits per heavy atom. The van der Waals surface area contributed by atoms with E-state index in [-0.39, 0.29) is 5.60 Å². The van der Waals surface area contributed by atoms with Gasteiger partial charge in [-0.15, -0.1) is 0 Å². The molecule has 1 aliphatic carbocycles. The zero-order chi connectivity index (χ0) is 14.0. The number of ether oxygens (including phenoxy) is 1. The van der Waals surface area contributed by atoms with E-state index in [1.165, 1.54) is 57.8 Å². The van der Waals surface area contributed by atoms with Crippen molar-refractivity contribution in [1.29, 1.82) is 0 Å². The van der Waals surface area contributed by atoms with Crippen LogP contribution in [0, 0.1) is 5.92 Å². The second kappa shape index (κ2) is 9.77. The molecule has 1 fully saturated rings. The first kappa shape index (κ1) is 17.0. The minimum Gasteiger partial charge on any atom is -0.374 e. The first-order valence-electron chi connectivity index (χ1n) is 8.57. The van der Waals surface area contributed by atoms with Gasteiger partial charge in [0.25, 0.3) is 0 Å². The normalized spacial score (nSPS) is 27.6. The smallest absolute Gasteiger partial charge is 0.0808 e. The van der Waals surface area contributed by atoms with Gasteiger partial charge < -0.3 is 10.1 Å². The maximum Gasteiger partial charge on any atom is 0.0808 e. The van der Waals surface area contributed by atoms with E-state index >= 15 is 0 Å². The van der Waals surface area contributed by atoms with Crippen LogP contribution in [0.25, 0.3) is 0 Å². The largest absolute Gasteiger partial charge is 0.374 e. The van der Waals surface area contributed by atoms with Crippen molar-refractivity contribution in [2.75, 3.05) is 19.7 Å². The topological polar surface area (TPSA) is 21.3 Å². The lowest BCUT2D eigenvalue weighted by atomic mass is 9.78. The molecule has 0 aromatic heterocycles. The predicted octanol–water partition coefficient (Wildman–Crippen LogP) is 4.53. The number of hydrogen-bond acceptors (Lipinski definition) is 2. The quantitative estimate of drug-likeness (QED) is 0.588. The van der Waals surface area contributed by atoms with Crippen molar-refractivity contribution in [2.24, 2.45) is 5.92 Å². The Morgan fingerprint density at radius 2 is 2.00 bits per heavy atom. The summed E-state index contributed by atoms with van der Waals surface area (Å²) in [4.78, 5) is 0. The maximum absolute atomic E-state index is 6.37. The van der Waals surface area contributed by atoms with Gasteiger partial charge in [-0.2, -0.15) is 0 Å². The van der Waals surface area contributed by atoms with E-state index in [4.69, 9.17) is 4.74 Å². The minimum absolute atomic E-state index is 0.138. The van der Waals surface area contributed by atoms with Crippen LogP contribution in [0.1, 0.15) is 78.6 Å². The predicted molar refractivity (Wildman–Crippen MR) is 83.6 cm³/mol. The SMILES string of the molecule is CCCCCCOC1(CNCCC)CCCC(C)C1. The van der Waals surface area contributed by atoms with Crippen LogP contribution in [-0.2, 0) is 4.74 Å². The Labute approximate surface area is 120 Å². The third kappa shape index (κ3) is 6.76. The summed E-state index contributed by atoms with van der Waals surface area (Å²) in [5.74, 6) is 0.827. The summed E-state index contributed by atoms with van der Waals surface area (Å²) in [5.41, 5.74) is 0.138. The van der Waals surface area contributed by atoms with Crippen molar-refractivity contribution in [2.45, 2.75) is 84.2 Å². The van der Waals surface area contributed by atoms with Crippen molar-refractivity contribution < 1.29 is 4.74 Å². The molecule has 0 bridgehead atoms. The molecule has 0 heterocycles. The highest BCUT2D eigenvalue weighted by atomic mass is 16.5. The van der Waals surface area contributed by atoms with Crippen LogP contribution in [0.5, 0.6) is 0 Å². The second-order valence-corrected chi connectivity index (χ2v) is 6.47. The Kier molecular flexibility index (Phi) is 8.72. The number of hydrogen-bond donors (Lipinski definition) is 1. The van der Waals surface area contributed by atoms with Gasteiger partial charge in [0.2, 0.25) is 0 Å². The summed E-state index contributed by atoms with van der Waals surface area (Å²) >= 11 is 0. The molecule has 1 N–H and O–H groups in total. The Morgan fingerprint density at radius 3 is 2.68 bits per heavy atom. The molecule has 0 aliphatic heterocycles. The van der Waals surface area contributed by atoms with Gasteiger partial charge in [-0.1, -0.05) is 52.9 Å². The summed E-state index contributed by atoms with van der Waals surface area (Å²) in [7, 11) is 0. The van der Waals surface area contributed by atoms with Crippen molar-refractivity contribution in [3.63, 3.8) is 0 Å². The van der Waals surface area contributed by atoms with E-state index in [9.17, 15) is 0 Å². The fourth-order valence-corrected chi connectivity index (χ4v) is 3.27. The average molecular weight is 269 g/mol. The van der Waals surface area contributed by atoms with E-state index < -0.39 is 0 Å². The molecule has 2 unspecified atom stereocenters. The first-order chi connectivity index (χ1) is 9.22. The van der Waals surface area contributed by atoms with Crippen LogP contribution < -0.4 is 5.32 Å². The fourth-order valence-electron chi connectivity index (χ4n) is 3.27. The molecule has 2 nitrogen and oxygen atoms in total. The van der Waals surface area contributed by atoms with Crippen LogP contribution in [0.3, 0.4) is 0 Å². The van der Waals surface area contributed by atoms with Crippen molar-refractivity contribution in [3.05, 3.63) is 0 Å². The molecule has 1 saturated carbocycles. The van der Waals surface area contributed by atoms with Crippen LogP contribution in [0.15, 0.2) is 0 Å². The highest BCUT2D eigenvalue weighted by Crippen LogP contribution is 2.35. The van der Waals surface area contributed by atoms with E-state index in [1.54, 1.807) is 0 Å². The Bertz CT molecular complexity index is 219. The fraction of sp³-hybridized carbons (Fsp3) is 1.00. The summed E-state index contributed by atoms with van der Waals surface area (Å²) in [6.07, 6.45) is 11.6. The molecule has 0 amide bonds. The summed E-state index contributed by atoms with van der Waals surface area (Å²) < 4.78 is 6.37. The Hall–Kier alpha value is -0.0800. The molecule has 2 atom stereocenters. The van der Waals surface area contributed by atoms with Gasteiger partial charge in [-0.25, -0.2) is 0 Å². The standard InChI is InChI=1S/C17H35NO/c1-4-6-7-8-13-19-17(15-18-12-5-2)11-9-10-16(3)14-17/h16,18H,4-15H2,1-3H3. The highest BCUT2D eigenvalue weighted by Gasteiger charge is 2.35.